The van der Waals surface area contributed by atoms with Gasteiger partial charge in [0, 0.05) is 38.1 Å². The highest BCUT2D eigenvalue weighted by Crippen LogP contribution is 2.41. The predicted molar refractivity (Wildman–Crippen MR) is 136 cm³/mol. The Morgan fingerprint density at radius 1 is 0.882 bits per heavy atom. The standard InChI is InChI=1S/C29H33N3O2/c1-31-15-17-32(18-16-31)29(33)20-30-28-19-27(28)25-11-13-26(14-12-25)34-21-22-7-9-24(10-8-22)23-5-3-2-4-6-23/h2-14,27-28,30H,15-21H2,1H3/t27?,28-/m0/s1. The molecular weight excluding hydrogens is 422 g/mol. The molecule has 1 aliphatic heterocycles. The molecule has 1 unspecified atom stereocenters. The van der Waals surface area contributed by atoms with Crippen molar-refractivity contribution in [3.63, 3.8) is 0 Å². The molecule has 5 rings (SSSR count). The van der Waals surface area contributed by atoms with Crippen molar-refractivity contribution in [2.75, 3.05) is 39.8 Å². The van der Waals surface area contributed by atoms with Crippen LogP contribution in [-0.4, -0.2) is 61.5 Å². The number of benzene rings is 3. The number of rotatable bonds is 8. The van der Waals surface area contributed by atoms with Gasteiger partial charge in [-0.1, -0.05) is 66.7 Å². The number of nitrogens with zero attached hydrogens (tertiary/aromatic N) is 2. The Kier molecular flexibility index (Phi) is 6.93. The zero-order valence-corrected chi connectivity index (χ0v) is 19.8. The third-order valence-electron chi connectivity index (χ3n) is 6.94. The van der Waals surface area contributed by atoms with Crippen molar-refractivity contribution < 1.29 is 9.53 Å². The van der Waals surface area contributed by atoms with Crippen LogP contribution in [0.2, 0.25) is 0 Å². The molecule has 0 bridgehead atoms. The average molecular weight is 456 g/mol. The first-order valence-corrected chi connectivity index (χ1v) is 12.2. The van der Waals surface area contributed by atoms with Gasteiger partial charge in [-0.25, -0.2) is 0 Å². The first kappa shape index (κ1) is 22.6. The fourth-order valence-electron chi connectivity index (χ4n) is 4.58. The summed E-state index contributed by atoms with van der Waals surface area (Å²) in [5, 5.41) is 3.45. The number of nitrogens with one attached hydrogen (secondary N) is 1. The molecule has 0 spiro atoms. The molecule has 3 aromatic carbocycles. The van der Waals surface area contributed by atoms with Crippen molar-refractivity contribution in [2.24, 2.45) is 0 Å². The lowest BCUT2D eigenvalue weighted by atomic mass is 10.0. The number of hydrogen-bond acceptors (Lipinski definition) is 4. The molecule has 5 heteroatoms. The third-order valence-corrected chi connectivity index (χ3v) is 6.94. The number of ether oxygens (including phenoxy) is 1. The van der Waals surface area contributed by atoms with Gasteiger partial charge in [0.15, 0.2) is 0 Å². The summed E-state index contributed by atoms with van der Waals surface area (Å²) in [5.41, 5.74) is 4.90. The van der Waals surface area contributed by atoms with Crippen molar-refractivity contribution >= 4 is 5.91 Å². The van der Waals surface area contributed by atoms with E-state index in [2.05, 4.69) is 90.1 Å². The Hall–Kier alpha value is -3.15. The average Bonchev–Trinajstić information content (AvgIpc) is 3.67. The maximum atomic E-state index is 12.4. The van der Waals surface area contributed by atoms with Gasteiger partial charge in [0.05, 0.1) is 6.54 Å². The molecular formula is C29H33N3O2. The lowest BCUT2D eigenvalue weighted by Crippen LogP contribution is -2.49. The van der Waals surface area contributed by atoms with E-state index in [1.165, 1.54) is 16.7 Å². The largest absolute Gasteiger partial charge is 0.489 e. The minimum atomic E-state index is 0.222. The van der Waals surface area contributed by atoms with E-state index >= 15 is 0 Å². The number of likely N-dealkylation sites (N-methyl/N-ethyl adjacent to an activating group) is 1. The number of carbonyl (C=O) groups excluding carboxylic acids is 1. The van der Waals surface area contributed by atoms with E-state index < -0.39 is 0 Å². The van der Waals surface area contributed by atoms with Crippen LogP contribution in [0.3, 0.4) is 0 Å². The summed E-state index contributed by atoms with van der Waals surface area (Å²) in [7, 11) is 2.11. The van der Waals surface area contributed by atoms with Crippen molar-refractivity contribution in [2.45, 2.75) is 25.0 Å². The van der Waals surface area contributed by atoms with Crippen LogP contribution < -0.4 is 10.1 Å². The number of amides is 1. The second-order valence-electron chi connectivity index (χ2n) is 9.43. The smallest absolute Gasteiger partial charge is 0.236 e. The molecule has 1 saturated carbocycles. The van der Waals surface area contributed by atoms with E-state index in [1.807, 2.05) is 11.0 Å². The molecule has 1 N–H and O–H groups in total. The quantitative estimate of drug-likeness (QED) is 0.554. The zero-order chi connectivity index (χ0) is 23.3. The van der Waals surface area contributed by atoms with Gasteiger partial charge < -0.3 is 19.9 Å². The van der Waals surface area contributed by atoms with Gasteiger partial charge in [0.25, 0.3) is 0 Å². The maximum Gasteiger partial charge on any atom is 0.236 e. The molecule has 1 heterocycles. The molecule has 2 aliphatic rings. The molecule has 1 aliphatic carbocycles. The van der Waals surface area contributed by atoms with Crippen molar-refractivity contribution in [1.82, 2.24) is 15.1 Å². The van der Waals surface area contributed by atoms with Gasteiger partial charge in [-0.05, 0) is 47.9 Å². The summed E-state index contributed by atoms with van der Waals surface area (Å²) < 4.78 is 6.00. The van der Waals surface area contributed by atoms with Crippen molar-refractivity contribution in [1.29, 1.82) is 0 Å². The highest BCUT2D eigenvalue weighted by molar-refractivity contribution is 5.78. The number of hydrogen-bond donors (Lipinski definition) is 1. The summed E-state index contributed by atoms with van der Waals surface area (Å²) >= 11 is 0. The second-order valence-corrected chi connectivity index (χ2v) is 9.43. The van der Waals surface area contributed by atoms with Gasteiger partial charge in [0.1, 0.15) is 12.4 Å². The Morgan fingerprint density at radius 2 is 1.56 bits per heavy atom. The Balaban J connectivity index is 1.06. The first-order chi connectivity index (χ1) is 16.7. The molecule has 2 atom stereocenters. The molecule has 1 amide bonds. The van der Waals surface area contributed by atoms with Crippen LogP contribution in [-0.2, 0) is 11.4 Å². The van der Waals surface area contributed by atoms with E-state index in [0.29, 0.717) is 25.1 Å². The molecule has 5 nitrogen and oxygen atoms in total. The molecule has 2 fully saturated rings. The summed E-state index contributed by atoms with van der Waals surface area (Å²) in [6.07, 6.45) is 1.09. The lowest BCUT2D eigenvalue weighted by Gasteiger charge is -2.32. The van der Waals surface area contributed by atoms with Crippen molar-refractivity contribution in [3.05, 3.63) is 90.0 Å². The van der Waals surface area contributed by atoms with Gasteiger partial charge >= 0.3 is 0 Å². The minimum absolute atomic E-state index is 0.222. The molecule has 0 aromatic heterocycles. The second kappa shape index (κ2) is 10.4. The van der Waals surface area contributed by atoms with Crippen LogP contribution in [0.15, 0.2) is 78.9 Å². The highest BCUT2D eigenvalue weighted by Gasteiger charge is 2.38. The fourth-order valence-corrected chi connectivity index (χ4v) is 4.58. The van der Waals surface area contributed by atoms with Gasteiger partial charge in [-0.15, -0.1) is 0 Å². The number of carbonyl (C=O) groups is 1. The van der Waals surface area contributed by atoms with E-state index in [0.717, 1.165) is 43.9 Å². The minimum Gasteiger partial charge on any atom is -0.489 e. The summed E-state index contributed by atoms with van der Waals surface area (Å²) in [4.78, 5) is 16.7. The number of piperazine rings is 1. The predicted octanol–water partition coefficient (Wildman–Crippen LogP) is 4.15. The normalized spacial score (nSPS) is 20.2. The highest BCUT2D eigenvalue weighted by atomic mass is 16.5. The Bertz CT molecular complexity index is 1070. The summed E-state index contributed by atoms with van der Waals surface area (Å²) in [5.74, 6) is 1.59. The fraction of sp³-hybridized carbons (Fsp3) is 0.345. The van der Waals surface area contributed by atoms with Crippen LogP contribution >= 0.6 is 0 Å². The maximum absolute atomic E-state index is 12.4. The summed E-state index contributed by atoms with van der Waals surface area (Å²) in [6.45, 7) is 4.59. The van der Waals surface area contributed by atoms with Gasteiger partial charge in [-0.2, -0.15) is 0 Å². The first-order valence-electron chi connectivity index (χ1n) is 12.2. The molecule has 0 radical (unpaired) electrons. The van der Waals surface area contributed by atoms with E-state index in [9.17, 15) is 4.79 Å². The van der Waals surface area contributed by atoms with Crippen LogP contribution in [0.4, 0.5) is 0 Å². The Morgan fingerprint density at radius 3 is 2.26 bits per heavy atom. The van der Waals surface area contributed by atoms with E-state index in [-0.39, 0.29) is 5.91 Å². The van der Waals surface area contributed by atoms with Gasteiger partial charge in [-0.3, -0.25) is 4.79 Å². The topological polar surface area (TPSA) is 44.8 Å². The third kappa shape index (κ3) is 5.66. The lowest BCUT2D eigenvalue weighted by molar-refractivity contribution is -0.131. The Labute approximate surface area is 202 Å². The molecule has 176 valence electrons. The molecule has 3 aromatic rings. The van der Waals surface area contributed by atoms with Crippen LogP contribution in [0.1, 0.15) is 23.5 Å². The van der Waals surface area contributed by atoms with Crippen LogP contribution in [0, 0.1) is 0 Å². The SMILES string of the molecule is CN1CCN(C(=O)CN[C@H]2CC2c2ccc(OCc3ccc(-c4ccccc4)cc3)cc2)CC1. The van der Waals surface area contributed by atoms with E-state index in [4.69, 9.17) is 4.74 Å². The van der Waals surface area contributed by atoms with Gasteiger partial charge in [0.2, 0.25) is 5.91 Å². The zero-order valence-electron chi connectivity index (χ0n) is 19.8. The molecule has 34 heavy (non-hydrogen) atoms. The van der Waals surface area contributed by atoms with Crippen LogP contribution in [0.25, 0.3) is 11.1 Å². The summed E-state index contributed by atoms with van der Waals surface area (Å²) in [6, 6.07) is 27.8. The monoisotopic (exact) mass is 455 g/mol. The van der Waals surface area contributed by atoms with E-state index in [1.54, 1.807) is 0 Å². The van der Waals surface area contributed by atoms with Crippen molar-refractivity contribution in [3.8, 4) is 16.9 Å². The van der Waals surface area contributed by atoms with Crippen LogP contribution in [0.5, 0.6) is 5.75 Å². The molecule has 1 saturated heterocycles.